The maximum atomic E-state index is 12.5. The zero-order valence-electron chi connectivity index (χ0n) is 29.1. The third-order valence-corrected chi connectivity index (χ3v) is 8.99. The molecule has 3 unspecified atom stereocenters. The van der Waals surface area contributed by atoms with Gasteiger partial charge in [-0.3, -0.25) is 13.8 Å². The normalized spacial score (nSPS) is 14.3. The van der Waals surface area contributed by atoms with Gasteiger partial charge in [0.05, 0.1) is 26.4 Å². The molecule has 3 atom stereocenters. The number of carbonyl (C=O) groups excluding carboxylic acids is 1. The molecule has 0 spiro atoms. The predicted octanol–water partition coefficient (Wildman–Crippen LogP) is 9.19. The van der Waals surface area contributed by atoms with Crippen LogP contribution in [0.2, 0.25) is 0 Å². The summed E-state index contributed by atoms with van der Waals surface area (Å²) in [4.78, 5) is 22.4. The molecule has 3 N–H and O–H groups in total. The van der Waals surface area contributed by atoms with Crippen LogP contribution in [0.1, 0.15) is 174 Å². The first kappa shape index (κ1) is 44.5. The van der Waals surface area contributed by atoms with E-state index in [9.17, 15) is 19.4 Å². The van der Waals surface area contributed by atoms with Gasteiger partial charge in [-0.05, 0) is 12.8 Å². The van der Waals surface area contributed by atoms with Crippen LogP contribution >= 0.6 is 7.82 Å². The highest BCUT2D eigenvalue weighted by Gasteiger charge is 2.26. The van der Waals surface area contributed by atoms with Crippen LogP contribution < -0.4 is 0 Å². The maximum Gasteiger partial charge on any atom is 0.472 e. The van der Waals surface area contributed by atoms with Crippen LogP contribution in [0.25, 0.3) is 0 Å². The Morgan fingerprint density at radius 3 is 1.44 bits per heavy atom. The first-order valence-corrected chi connectivity index (χ1v) is 20.0. The molecular weight excluding hydrogens is 595 g/mol. The van der Waals surface area contributed by atoms with E-state index >= 15 is 0 Å². The summed E-state index contributed by atoms with van der Waals surface area (Å²) >= 11 is 0. The van der Waals surface area contributed by atoms with Gasteiger partial charge in [-0.15, -0.1) is 0 Å². The zero-order chi connectivity index (χ0) is 33.3. The van der Waals surface area contributed by atoms with E-state index in [2.05, 4.69) is 13.8 Å². The average molecular weight is 667 g/mol. The van der Waals surface area contributed by atoms with E-state index in [0.29, 0.717) is 6.61 Å². The van der Waals surface area contributed by atoms with Crippen molar-refractivity contribution in [2.45, 2.75) is 187 Å². The monoisotopic (exact) mass is 666 g/mol. The van der Waals surface area contributed by atoms with Crippen molar-refractivity contribution in [1.29, 1.82) is 0 Å². The number of hydrogen-bond acceptors (Lipinski definition) is 8. The number of hydrogen-bond donors (Lipinski definition) is 3. The molecule has 0 aliphatic heterocycles. The van der Waals surface area contributed by atoms with Gasteiger partial charge >= 0.3 is 13.8 Å². The summed E-state index contributed by atoms with van der Waals surface area (Å²) in [6.07, 6.45) is 27.7. The van der Waals surface area contributed by atoms with Gasteiger partial charge in [-0.2, -0.15) is 0 Å². The van der Waals surface area contributed by atoms with E-state index in [4.69, 9.17) is 23.6 Å². The second-order valence-corrected chi connectivity index (χ2v) is 14.1. The van der Waals surface area contributed by atoms with Gasteiger partial charge in [-0.1, -0.05) is 155 Å². The van der Waals surface area contributed by atoms with Crippen LogP contribution in [0.3, 0.4) is 0 Å². The third kappa shape index (κ3) is 33.2. The fourth-order valence-corrected chi connectivity index (χ4v) is 5.97. The van der Waals surface area contributed by atoms with Gasteiger partial charge in [0.25, 0.3) is 0 Å². The summed E-state index contributed by atoms with van der Waals surface area (Å²) in [6, 6.07) is 0. The first-order valence-electron chi connectivity index (χ1n) is 18.5. The molecule has 0 amide bonds. The minimum atomic E-state index is -4.50. The number of phosphoric acid groups is 1. The highest BCUT2D eigenvalue weighted by molar-refractivity contribution is 7.47. The molecule has 0 saturated heterocycles. The van der Waals surface area contributed by atoms with Gasteiger partial charge < -0.3 is 24.6 Å². The quantitative estimate of drug-likeness (QED) is 0.0340. The number of ether oxygens (including phenoxy) is 2. The number of rotatable bonds is 36. The topological polar surface area (TPSA) is 132 Å². The summed E-state index contributed by atoms with van der Waals surface area (Å²) in [5.74, 6) is -0.380. The average Bonchev–Trinajstić information content (AvgIpc) is 3.03. The molecule has 9 nitrogen and oxygen atoms in total. The minimum Gasteiger partial charge on any atom is -0.457 e. The Morgan fingerprint density at radius 1 is 0.600 bits per heavy atom. The fraction of sp³-hybridized carbons (Fsp3) is 0.971. The Labute approximate surface area is 276 Å². The number of aliphatic hydroxyl groups is 2. The van der Waals surface area contributed by atoms with Gasteiger partial charge in [0.15, 0.2) is 0 Å². The Hall–Kier alpha value is -0.540. The Balaban J connectivity index is 4.22. The van der Waals surface area contributed by atoms with Crippen molar-refractivity contribution in [3.05, 3.63) is 0 Å². The fourth-order valence-electron chi connectivity index (χ4n) is 5.18. The molecule has 0 radical (unpaired) electrons. The molecule has 0 rings (SSSR count). The molecule has 0 saturated carbocycles. The molecule has 10 heteroatoms. The lowest BCUT2D eigenvalue weighted by atomic mass is 10.0. The standard InChI is InChI=1S/C35H71O9P/c1-3-5-7-9-11-13-15-16-17-19-21-23-25-27-35(38)44-34(32-43-45(39,40)42-30-33(37)29-36)31-41-28-26-24-22-20-18-14-12-10-8-6-4-2/h33-34,36-37H,3-32H2,1-2H3,(H,39,40). The Kier molecular flexibility index (Phi) is 33.0. The van der Waals surface area contributed by atoms with Crippen LogP contribution in [0.4, 0.5) is 0 Å². The molecule has 0 aromatic rings. The molecule has 0 aromatic carbocycles. The lowest BCUT2D eigenvalue weighted by Gasteiger charge is -2.20. The van der Waals surface area contributed by atoms with E-state index in [1.54, 1.807) is 0 Å². The largest absolute Gasteiger partial charge is 0.472 e. The zero-order valence-corrected chi connectivity index (χ0v) is 30.0. The molecule has 0 aliphatic carbocycles. The molecule has 0 fully saturated rings. The van der Waals surface area contributed by atoms with E-state index in [1.165, 1.54) is 122 Å². The molecule has 270 valence electrons. The van der Waals surface area contributed by atoms with Crippen molar-refractivity contribution < 1.29 is 43.0 Å². The summed E-state index contributed by atoms with van der Waals surface area (Å²) in [7, 11) is -4.50. The van der Waals surface area contributed by atoms with Crippen molar-refractivity contribution >= 4 is 13.8 Å². The molecule has 0 bridgehead atoms. The number of esters is 1. The van der Waals surface area contributed by atoms with Crippen LogP contribution in [0.15, 0.2) is 0 Å². The van der Waals surface area contributed by atoms with Gasteiger partial charge in [0.2, 0.25) is 0 Å². The second kappa shape index (κ2) is 33.4. The summed E-state index contributed by atoms with van der Waals surface area (Å²) < 4.78 is 33.2. The van der Waals surface area contributed by atoms with Crippen molar-refractivity contribution in [1.82, 2.24) is 0 Å². The summed E-state index contributed by atoms with van der Waals surface area (Å²) in [6.45, 7) is 3.53. The van der Waals surface area contributed by atoms with Crippen molar-refractivity contribution in [3.63, 3.8) is 0 Å². The summed E-state index contributed by atoms with van der Waals surface area (Å²) in [5.41, 5.74) is 0. The van der Waals surface area contributed by atoms with E-state index in [1.807, 2.05) is 0 Å². The van der Waals surface area contributed by atoms with Crippen molar-refractivity contribution in [2.75, 3.05) is 33.0 Å². The molecule has 0 aromatic heterocycles. The number of carbonyl (C=O) groups is 1. The van der Waals surface area contributed by atoms with Crippen molar-refractivity contribution in [3.8, 4) is 0 Å². The van der Waals surface area contributed by atoms with Gasteiger partial charge in [0.1, 0.15) is 12.2 Å². The Bertz CT molecular complexity index is 680. The van der Waals surface area contributed by atoms with Gasteiger partial charge in [-0.25, -0.2) is 4.57 Å². The van der Waals surface area contributed by atoms with Crippen LogP contribution in [-0.2, 0) is 27.9 Å². The van der Waals surface area contributed by atoms with Crippen molar-refractivity contribution in [2.24, 2.45) is 0 Å². The smallest absolute Gasteiger partial charge is 0.457 e. The van der Waals surface area contributed by atoms with Crippen LogP contribution in [-0.4, -0.2) is 66.3 Å². The lowest BCUT2D eigenvalue weighted by Crippen LogP contribution is -2.29. The minimum absolute atomic E-state index is 0.0569. The van der Waals surface area contributed by atoms with E-state index in [-0.39, 0.29) is 25.6 Å². The number of phosphoric ester groups is 1. The number of aliphatic hydroxyl groups excluding tert-OH is 2. The molecule has 0 heterocycles. The summed E-state index contributed by atoms with van der Waals surface area (Å²) in [5, 5.41) is 18.2. The highest BCUT2D eigenvalue weighted by atomic mass is 31.2. The Morgan fingerprint density at radius 2 is 1.00 bits per heavy atom. The highest BCUT2D eigenvalue weighted by Crippen LogP contribution is 2.43. The lowest BCUT2D eigenvalue weighted by molar-refractivity contribution is -0.154. The first-order chi connectivity index (χ1) is 21.8. The molecule has 0 aliphatic rings. The predicted molar refractivity (Wildman–Crippen MR) is 182 cm³/mol. The van der Waals surface area contributed by atoms with Crippen LogP contribution in [0, 0.1) is 0 Å². The van der Waals surface area contributed by atoms with Gasteiger partial charge in [0, 0.05) is 13.0 Å². The third-order valence-electron chi connectivity index (χ3n) is 8.04. The maximum absolute atomic E-state index is 12.5. The molecule has 45 heavy (non-hydrogen) atoms. The van der Waals surface area contributed by atoms with E-state index in [0.717, 1.165) is 32.1 Å². The number of unbranched alkanes of at least 4 members (excludes halogenated alkanes) is 22. The van der Waals surface area contributed by atoms with Crippen LogP contribution in [0.5, 0.6) is 0 Å². The molecular formula is C35H71O9P. The van der Waals surface area contributed by atoms with E-state index < -0.39 is 33.2 Å². The second-order valence-electron chi connectivity index (χ2n) is 12.6. The SMILES string of the molecule is CCCCCCCCCCCCCCCC(=O)OC(COCCCCCCCCCCCCC)COP(=O)(O)OCC(O)CO.